The standard InChI is InChI=1S/C28H40N4O13/c1-44-21-4-2-3-20(13-21)16-29-5-7-30(17-24(37)38)8-9-31(18-25(39)40)10-12-32(11-6-29)19-26(41)45-28(27(42)43,14-22(33)34)15-23(35)36/h2-4,13H,5-12,14-19H2,1H3,(H,33,34)(H,35,36)(H,37,38)(H,39,40)(H,42,43). The van der Waals surface area contributed by atoms with Crippen molar-refractivity contribution < 1.29 is 63.8 Å². The molecule has 0 amide bonds. The SMILES string of the molecule is COc1cccc(CN2CCN(CC(=O)O)CCN(CC(=O)O)CCN(CC(=O)OC(CC(=O)O)(CC(=O)O)C(=O)O)CC2)c1. The number of esters is 1. The number of hydrogen-bond acceptors (Lipinski definition) is 12. The van der Waals surface area contributed by atoms with Crippen molar-refractivity contribution in [2.75, 3.05) is 79.1 Å². The Morgan fingerprint density at radius 1 is 0.667 bits per heavy atom. The molecule has 1 saturated heterocycles. The summed E-state index contributed by atoms with van der Waals surface area (Å²) in [6, 6.07) is 7.35. The summed E-state index contributed by atoms with van der Waals surface area (Å²) < 4.78 is 10.4. The second kappa shape index (κ2) is 17.8. The summed E-state index contributed by atoms with van der Waals surface area (Å²) in [7, 11) is 1.54. The Balaban J connectivity index is 2.33. The number of rotatable bonds is 15. The Hall–Kier alpha value is -4.32. The molecule has 0 aliphatic carbocycles. The van der Waals surface area contributed by atoms with Gasteiger partial charge < -0.3 is 35.0 Å². The topological polar surface area (TPSA) is 235 Å². The van der Waals surface area contributed by atoms with Gasteiger partial charge in [0.1, 0.15) is 5.75 Å². The van der Waals surface area contributed by atoms with Crippen LogP contribution in [0.25, 0.3) is 0 Å². The van der Waals surface area contributed by atoms with E-state index in [9.17, 15) is 54.3 Å². The minimum absolute atomic E-state index is 0.103. The van der Waals surface area contributed by atoms with Crippen LogP contribution < -0.4 is 4.74 Å². The third kappa shape index (κ3) is 13.5. The molecule has 45 heavy (non-hydrogen) atoms. The molecule has 0 unspecified atom stereocenters. The fraction of sp³-hybridized carbons (Fsp3) is 0.571. The number of carbonyl (C=O) groups excluding carboxylic acids is 1. The molecule has 17 heteroatoms. The highest BCUT2D eigenvalue weighted by molar-refractivity contribution is 5.91. The van der Waals surface area contributed by atoms with E-state index < -0.39 is 60.8 Å². The molecule has 1 aliphatic heterocycles. The molecule has 1 heterocycles. The van der Waals surface area contributed by atoms with Gasteiger partial charge in [-0.25, -0.2) is 4.79 Å². The lowest BCUT2D eigenvalue weighted by molar-refractivity contribution is -0.186. The molecule has 0 saturated carbocycles. The third-order valence-electron chi connectivity index (χ3n) is 7.11. The fourth-order valence-corrected chi connectivity index (χ4v) is 4.87. The minimum atomic E-state index is -2.83. The van der Waals surface area contributed by atoms with E-state index in [2.05, 4.69) is 0 Å². The summed E-state index contributed by atoms with van der Waals surface area (Å²) in [6.45, 7) is 1.24. The maximum atomic E-state index is 13.0. The number of methoxy groups -OCH3 is 1. The van der Waals surface area contributed by atoms with E-state index in [-0.39, 0.29) is 45.8 Å². The van der Waals surface area contributed by atoms with Crippen molar-refractivity contribution in [1.82, 2.24) is 19.6 Å². The number of carbonyl (C=O) groups is 6. The maximum Gasteiger partial charge on any atom is 0.349 e. The Bertz CT molecular complexity index is 1190. The summed E-state index contributed by atoms with van der Waals surface area (Å²) in [5.74, 6) is -7.93. The Morgan fingerprint density at radius 2 is 1.11 bits per heavy atom. The molecule has 250 valence electrons. The van der Waals surface area contributed by atoms with Crippen molar-refractivity contribution in [3.8, 4) is 5.75 Å². The van der Waals surface area contributed by atoms with Crippen molar-refractivity contribution in [3.63, 3.8) is 0 Å². The van der Waals surface area contributed by atoms with Crippen molar-refractivity contribution in [1.29, 1.82) is 0 Å². The first-order valence-electron chi connectivity index (χ1n) is 14.1. The van der Waals surface area contributed by atoms with Gasteiger partial charge in [-0.3, -0.25) is 43.6 Å². The summed E-state index contributed by atoms with van der Waals surface area (Å²) >= 11 is 0. The molecule has 2 rings (SSSR count). The molecule has 1 aromatic rings. The zero-order valence-electron chi connectivity index (χ0n) is 25.0. The van der Waals surface area contributed by atoms with Crippen LogP contribution in [0.3, 0.4) is 0 Å². The normalized spacial score (nSPS) is 16.6. The zero-order valence-corrected chi connectivity index (χ0v) is 25.0. The lowest BCUT2D eigenvalue weighted by Gasteiger charge is -2.34. The largest absolute Gasteiger partial charge is 0.497 e. The highest BCUT2D eigenvalue weighted by atomic mass is 16.6. The summed E-state index contributed by atoms with van der Waals surface area (Å²) in [5, 5.41) is 46.9. The smallest absolute Gasteiger partial charge is 0.349 e. The maximum absolute atomic E-state index is 13.0. The summed E-state index contributed by atoms with van der Waals surface area (Å²) in [4.78, 5) is 77.6. The van der Waals surface area contributed by atoms with Crippen molar-refractivity contribution in [2.24, 2.45) is 0 Å². The van der Waals surface area contributed by atoms with Gasteiger partial charge in [-0.1, -0.05) is 12.1 Å². The van der Waals surface area contributed by atoms with Gasteiger partial charge in [0.15, 0.2) is 0 Å². The quantitative estimate of drug-likeness (QED) is 0.143. The van der Waals surface area contributed by atoms with Gasteiger partial charge in [0.2, 0.25) is 5.60 Å². The molecular formula is C28H40N4O13. The van der Waals surface area contributed by atoms with E-state index in [0.717, 1.165) is 5.56 Å². The summed E-state index contributed by atoms with van der Waals surface area (Å²) in [6.07, 6.45) is -2.54. The van der Waals surface area contributed by atoms with E-state index in [1.54, 1.807) is 20.8 Å². The molecular weight excluding hydrogens is 600 g/mol. The molecule has 0 spiro atoms. The van der Waals surface area contributed by atoms with Crippen molar-refractivity contribution in [3.05, 3.63) is 29.8 Å². The van der Waals surface area contributed by atoms with Gasteiger partial charge in [-0.05, 0) is 17.7 Å². The van der Waals surface area contributed by atoms with Gasteiger partial charge in [0.25, 0.3) is 0 Å². The van der Waals surface area contributed by atoms with Crippen molar-refractivity contribution in [2.45, 2.75) is 25.0 Å². The number of aliphatic carboxylic acids is 5. The predicted octanol–water partition coefficient (Wildman–Crippen LogP) is -1.10. The van der Waals surface area contributed by atoms with Crippen LogP contribution >= 0.6 is 0 Å². The monoisotopic (exact) mass is 640 g/mol. The Morgan fingerprint density at radius 3 is 1.51 bits per heavy atom. The molecule has 0 atom stereocenters. The number of nitrogens with zero attached hydrogens (tertiary/aromatic N) is 4. The molecule has 0 aromatic heterocycles. The highest BCUT2D eigenvalue weighted by Gasteiger charge is 2.47. The second-order valence-corrected chi connectivity index (χ2v) is 10.7. The van der Waals surface area contributed by atoms with Crippen LogP contribution in [0.1, 0.15) is 18.4 Å². The molecule has 0 bridgehead atoms. The second-order valence-electron chi connectivity index (χ2n) is 10.7. The Labute approximate surface area is 259 Å². The van der Waals surface area contributed by atoms with Crippen LogP contribution in [-0.4, -0.2) is 166 Å². The molecule has 17 nitrogen and oxygen atoms in total. The number of hydrogen-bond donors (Lipinski definition) is 5. The fourth-order valence-electron chi connectivity index (χ4n) is 4.87. The molecule has 0 radical (unpaired) electrons. The van der Waals surface area contributed by atoms with Crippen LogP contribution in [0.2, 0.25) is 0 Å². The van der Waals surface area contributed by atoms with Gasteiger partial charge >= 0.3 is 35.8 Å². The molecule has 1 aliphatic rings. The van der Waals surface area contributed by atoms with Crippen LogP contribution in [0.5, 0.6) is 5.75 Å². The highest BCUT2D eigenvalue weighted by Crippen LogP contribution is 2.23. The van der Waals surface area contributed by atoms with E-state index in [0.29, 0.717) is 31.9 Å². The zero-order chi connectivity index (χ0) is 33.6. The van der Waals surface area contributed by atoms with E-state index >= 15 is 0 Å². The van der Waals surface area contributed by atoms with Gasteiger partial charge in [0, 0.05) is 58.9 Å². The van der Waals surface area contributed by atoms with Crippen LogP contribution in [-0.2, 0) is 40.0 Å². The number of benzene rings is 1. The van der Waals surface area contributed by atoms with E-state index in [1.165, 1.54) is 7.11 Å². The van der Waals surface area contributed by atoms with Gasteiger partial charge in [-0.15, -0.1) is 0 Å². The minimum Gasteiger partial charge on any atom is -0.497 e. The van der Waals surface area contributed by atoms with Crippen molar-refractivity contribution >= 4 is 35.8 Å². The van der Waals surface area contributed by atoms with Gasteiger partial charge in [0.05, 0.1) is 39.6 Å². The molecule has 5 N–H and O–H groups in total. The number of carboxylic acids is 5. The Kier molecular flexibility index (Phi) is 14.6. The van der Waals surface area contributed by atoms with Gasteiger partial charge in [-0.2, -0.15) is 0 Å². The number of carboxylic acid groups (broad SMARTS) is 5. The van der Waals surface area contributed by atoms with E-state index in [4.69, 9.17) is 9.47 Å². The average molecular weight is 641 g/mol. The lowest BCUT2D eigenvalue weighted by atomic mass is 9.95. The van der Waals surface area contributed by atoms with Crippen LogP contribution in [0, 0.1) is 0 Å². The van der Waals surface area contributed by atoms with E-state index in [1.807, 2.05) is 23.1 Å². The summed E-state index contributed by atoms with van der Waals surface area (Å²) in [5.41, 5.74) is -1.93. The lowest BCUT2D eigenvalue weighted by Crippen LogP contribution is -2.50. The van der Waals surface area contributed by atoms with Crippen LogP contribution in [0.15, 0.2) is 24.3 Å². The molecule has 1 aromatic carbocycles. The average Bonchev–Trinajstić information content (AvgIpc) is 2.93. The first kappa shape index (κ1) is 36.9. The van der Waals surface area contributed by atoms with Crippen LogP contribution in [0.4, 0.5) is 0 Å². The molecule has 1 fully saturated rings. The number of ether oxygens (including phenoxy) is 2. The first-order valence-corrected chi connectivity index (χ1v) is 14.1. The predicted molar refractivity (Wildman–Crippen MR) is 154 cm³/mol. The first-order chi connectivity index (χ1) is 21.2. The third-order valence-corrected chi connectivity index (χ3v) is 7.11.